The molecule has 2 aromatic carbocycles. The molecule has 1 heterocycles. The Morgan fingerprint density at radius 1 is 1.09 bits per heavy atom. The van der Waals surface area contributed by atoms with Gasteiger partial charge in [-0.1, -0.05) is 30.3 Å². The van der Waals surface area contributed by atoms with Gasteiger partial charge in [-0.25, -0.2) is 4.79 Å². The summed E-state index contributed by atoms with van der Waals surface area (Å²) in [4.78, 5) is 25.2. The van der Waals surface area contributed by atoms with Gasteiger partial charge >= 0.3 is 5.63 Å². The molecule has 1 amide bonds. The second-order valence-electron chi connectivity index (χ2n) is 4.64. The van der Waals surface area contributed by atoms with E-state index in [-0.39, 0.29) is 5.76 Å². The smallest absolute Gasteiger partial charge is 0.344 e. The van der Waals surface area contributed by atoms with Crippen molar-refractivity contribution < 1.29 is 9.21 Å². The summed E-state index contributed by atoms with van der Waals surface area (Å²) in [6, 6.07) is 16.1. The minimum atomic E-state index is -0.513. The number of rotatable bonds is 3. The topological polar surface area (TPSA) is 59.3 Å². The van der Waals surface area contributed by atoms with Crippen LogP contribution in [0.15, 0.2) is 68.7 Å². The molecule has 0 radical (unpaired) electrons. The summed E-state index contributed by atoms with van der Waals surface area (Å²) < 4.78 is 5.12. The third-order valence-electron chi connectivity index (χ3n) is 3.25. The van der Waals surface area contributed by atoms with Gasteiger partial charge in [0.1, 0.15) is 0 Å². The van der Waals surface area contributed by atoms with Crippen LogP contribution in [0.25, 0.3) is 10.8 Å². The number of fused-ring (bicyclic) bond motifs is 1. The van der Waals surface area contributed by atoms with E-state index < -0.39 is 11.5 Å². The predicted octanol–water partition coefficient (Wildman–Crippen LogP) is 3.77. The van der Waals surface area contributed by atoms with Gasteiger partial charge in [0.05, 0.1) is 11.1 Å². The zero-order valence-electron chi connectivity index (χ0n) is 11.8. The first-order chi connectivity index (χ1) is 10.7. The van der Waals surface area contributed by atoms with Crippen molar-refractivity contribution in [3.8, 4) is 0 Å². The lowest BCUT2D eigenvalue weighted by Gasteiger charge is -2.08. The SMILES string of the molecule is CSc1ccccc1NC(=O)c1cc2ccccc2c(=O)o1. The predicted molar refractivity (Wildman–Crippen MR) is 88.7 cm³/mol. The number of nitrogens with one attached hydrogen (secondary N) is 1. The van der Waals surface area contributed by atoms with Gasteiger partial charge in [0.2, 0.25) is 0 Å². The van der Waals surface area contributed by atoms with Gasteiger partial charge < -0.3 is 9.73 Å². The van der Waals surface area contributed by atoms with Gasteiger partial charge in [-0.15, -0.1) is 11.8 Å². The summed E-state index contributed by atoms with van der Waals surface area (Å²) in [5.74, 6) is -0.441. The Bertz CT molecular complexity index is 902. The van der Waals surface area contributed by atoms with E-state index in [0.717, 1.165) is 4.90 Å². The highest BCUT2D eigenvalue weighted by Crippen LogP contribution is 2.25. The molecule has 0 saturated heterocycles. The lowest BCUT2D eigenvalue weighted by atomic mass is 10.1. The van der Waals surface area contributed by atoms with E-state index in [2.05, 4.69) is 5.32 Å². The fourth-order valence-corrected chi connectivity index (χ4v) is 2.73. The maximum absolute atomic E-state index is 12.3. The first-order valence-electron chi connectivity index (χ1n) is 6.66. The number of carbonyl (C=O) groups is 1. The van der Waals surface area contributed by atoms with Crippen molar-refractivity contribution in [1.82, 2.24) is 0 Å². The third kappa shape index (κ3) is 2.76. The standard InChI is InChI=1S/C17H13NO3S/c1-22-15-9-5-4-8-13(15)18-16(19)14-10-11-6-2-3-7-12(11)17(20)21-14/h2-10H,1H3,(H,18,19). The van der Waals surface area contributed by atoms with E-state index in [1.54, 1.807) is 24.3 Å². The minimum Gasteiger partial charge on any atom is -0.417 e. The fourth-order valence-electron chi connectivity index (χ4n) is 2.18. The van der Waals surface area contributed by atoms with Gasteiger partial charge in [-0.3, -0.25) is 4.79 Å². The highest BCUT2D eigenvalue weighted by molar-refractivity contribution is 7.98. The van der Waals surface area contributed by atoms with Crippen molar-refractivity contribution in [2.45, 2.75) is 4.90 Å². The normalized spacial score (nSPS) is 10.6. The summed E-state index contributed by atoms with van der Waals surface area (Å²) in [5.41, 5.74) is 0.178. The summed E-state index contributed by atoms with van der Waals surface area (Å²) in [6.07, 6.45) is 1.93. The van der Waals surface area contributed by atoms with Crippen LogP contribution in [0.3, 0.4) is 0 Å². The van der Waals surface area contributed by atoms with Crippen LogP contribution in [0.4, 0.5) is 5.69 Å². The van der Waals surface area contributed by atoms with Crippen molar-refractivity contribution in [1.29, 1.82) is 0 Å². The van der Waals surface area contributed by atoms with Crippen LogP contribution >= 0.6 is 11.8 Å². The van der Waals surface area contributed by atoms with Crippen molar-refractivity contribution in [2.24, 2.45) is 0 Å². The van der Waals surface area contributed by atoms with Crippen LogP contribution in [0.5, 0.6) is 0 Å². The average molecular weight is 311 g/mol. The van der Waals surface area contributed by atoms with Crippen LogP contribution in [-0.4, -0.2) is 12.2 Å². The van der Waals surface area contributed by atoms with Gasteiger partial charge in [-0.05, 0) is 35.9 Å². The van der Waals surface area contributed by atoms with Crippen LogP contribution in [0.1, 0.15) is 10.6 Å². The summed E-state index contributed by atoms with van der Waals surface area (Å²) in [6.45, 7) is 0. The molecule has 110 valence electrons. The number of anilines is 1. The van der Waals surface area contributed by atoms with Gasteiger partial charge in [0.15, 0.2) is 5.76 Å². The largest absolute Gasteiger partial charge is 0.417 e. The molecule has 3 aromatic rings. The zero-order chi connectivity index (χ0) is 15.5. The maximum atomic E-state index is 12.3. The van der Waals surface area contributed by atoms with Gasteiger partial charge in [0, 0.05) is 4.90 Å². The van der Waals surface area contributed by atoms with Crippen LogP contribution < -0.4 is 10.9 Å². The Kier molecular flexibility index (Phi) is 3.98. The number of benzene rings is 2. The lowest BCUT2D eigenvalue weighted by Crippen LogP contribution is -2.15. The Morgan fingerprint density at radius 3 is 2.64 bits per heavy atom. The molecule has 4 nitrogen and oxygen atoms in total. The van der Waals surface area contributed by atoms with Crippen LogP contribution in [-0.2, 0) is 0 Å². The van der Waals surface area contributed by atoms with E-state index in [1.165, 1.54) is 11.8 Å². The first-order valence-corrected chi connectivity index (χ1v) is 7.89. The maximum Gasteiger partial charge on any atom is 0.344 e. The second-order valence-corrected chi connectivity index (χ2v) is 5.49. The third-order valence-corrected chi connectivity index (χ3v) is 4.04. The van der Waals surface area contributed by atoms with Crippen molar-refractivity contribution >= 4 is 34.1 Å². The molecule has 1 N–H and O–H groups in total. The molecule has 3 rings (SSSR count). The fraction of sp³-hybridized carbons (Fsp3) is 0.0588. The number of carbonyl (C=O) groups excluding carboxylic acids is 1. The minimum absolute atomic E-state index is 0.000365. The van der Waals surface area contributed by atoms with Crippen LogP contribution in [0.2, 0.25) is 0 Å². The van der Waals surface area contributed by atoms with Crippen molar-refractivity contribution in [2.75, 3.05) is 11.6 Å². The molecule has 1 aromatic heterocycles. The molecule has 0 spiro atoms. The molecule has 0 aliphatic rings. The molecule has 0 bridgehead atoms. The van der Waals surface area contributed by atoms with Crippen LogP contribution in [0, 0.1) is 0 Å². The molecular weight excluding hydrogens is 298 g/mol. The number of hydrogen-bond acceptors (Lipinski definition) is 4. The molecular formula is C17H13NO3S. The van der Waals surface area contributed by atoms with E-state index in [9.17, 15) is 9.59 Å². The zero-order valence-corrected chi connectivity index (χ0v) is 12.6. The quantitative estimate of drug-likeness (QED) is 0.748. The monoisotopic (exact) mass is 311 g/mol. The summed E-state index contributed by atoms with van der Waals surface area (Å²) in [5, 5.41) is 3.92. The van der Waals surface area contributed by atoms with E-state index in [1.807, 2.05) is 36.6 Å². The Hall–Kier alpha value is -2.53. The van der Waals surface area contributed by atoms with Crippen molar-refractivity contribution in [3.05, 3.63) is 70.8 Å². The number of thioether (sulfide) groups is 1. The average Bonchev–Trinajstić information content (AvgIpc) is 2.55. The van der Waals surface area contributed by atoms with E-state index in [4.69, 9.17) is 4.42 Å². The number of para-hydroxylation sites is 1. The molecule has 0 aliphatic carbocycles. The molecule has 22 heavy (non-hydrogen) atoms. The van der Waals surface area contributed by atoms with Gasteiger partial charge in [0.25, 0.3) is 5.91 Å². The highest BCUT2D eigenvalue weighted by Gasteiger charge is 2.13. The molecule has 0 fully saturated rings. The Balaban J connectivity index is 1.97. The molecule has 0 saturated carbocycles. The molecule has 0 unspecified atom stereocenters. The Labute approximate surface area is 131 Å². The van der Waals surface area contributed by atoms with Crippen molar-refractivity contribution in [3.63, 3.8) is 0 Å². The number of hydrogen-bond donors (Lipinski definition) is 1. The molecule has 0 aliphatic heterocycles. The van der Waals surface area contributed by atoms with E-state index >= 15 is 0 Å². The highest BCUT2D eigenvalue weighted by atomic mass is 32.2. The van der Waals surface area contributed by atoms with Gasteiger partial charge in [-0.2, -0.15) is 0 Å². The molecule has 5 heteroatoms. The second kappa shape index (κ2) is 6.07. The number of amides is 1. The summed E-state index contributed by atoms with van der Waals surface area (Å²) >= 11 is 1.53. The van der Waals surface area contributed by atoms with E-state index in [0.29, 0.717) is 16.5 Å². The first kappa shape index (κ1) is 14.4. The Morgan fingerprint density at radius 2 is 1.82 bits per heavy atom. The summed E-state index contributed by atoms with van der Waals surface area (Å²) in [7, 11) is 0. The molecule has 0 atom stereocenters. The lowest BCUT2D eigenvalue weighted by molar-refractivity contribution is 0.0993.